The first-order valence-electron chi connectivity index (χ1n) is 15.2. The summed E-state index contributed by atoms with van der Waals surface area (Å²) in [6, 6.07) is 5.19. The number of piperazine rings is 1. The molecule has 1 aromatic carbocycles. The standard InChI is InChI=1S/C30H44N8O4/c1-4-24-29(41)36(3)25-20-32-30(34-27(25)38(24)22-7-5-6-8-22)33-23-10-9-21(19-26(23)42-18-17-39)28(40)31-11-12-37-15-13-35(2)14-16-37/h9-10,19-20,22,24,39H,4-8,11-18H2,1-3H3,(H,31,40)(H,32,33,34)/t24-/m1/s1. The van der Waals surface area contributed by atoms with Crippen molar-refractivity contribution in [2.24, 2.45) is 0 Å². The highest BCUT2D eigenvalue weighted by Gasteiger charge is 2.41. The van der Waals surface area contributed by atoms with E-state index < -0.39 is 0 Å². The third-order valence-electron chi connectivity index (χ3n) is 8.56. The number of aliphatic hydroxyl groups is 1. The van der Waals surface area contributed by atoms with Crippen molar-refractivity contribution in [3.8, 4) is 5.75 Å². The third-order valence-corrected chi connectivity index (χ3v) is 8.56. The molecule has 1 aliphatic carbocycles. The van der Waals surface area contributed by atoms with E-state index in [1.807, 2.05) is 6.92 Å². The lowest BCUT2D eigenvalue weighted by molar-refractivity contribution is -0.120. The molecule has 0 unspecified atom stereocenters. The van der Waals surface area contributed by atoms with Gasteiger partial charge in [0.25, 0.3) is 5.91 Å². The molecule has 3 aliphatic rings. The second-order valence-electron chi connectivity index (χ2n) is 11.4. The van der Waals surface area contributed by atoms with Gasteiger partial charge in [0.05, 0.1) is 18.5 Å². The van der Waals surface area contributed by atoms with Crippen LogP contribution in [0.15, 0.2) is 24.4 Å². The van der Waals surface area contributed by atoms with E-state index in [0.717, 1.165) is 64.2 Å². The predicted octanol–water partition coefficient (Wildman–Crippen LogP) is 2.07. The number of amides is 2. The van der Waals surface area contributed by atoms with Gasteiger partial charge in [-0.2, -0.15) is 4.98 Å². The van der Waals surface area contributed by atoms with Crippen molar-refractivity contribution in [1.82, 2.24) is 25.1 Å². The van der Waals surface area contributed by atoms with E-state index in [0.29, 0.717) is 41.6 Å². The summed E-state index contributed by atoms with van der Waals surface area (Å²) in [6.45, 7) is 7.40. The van der Waals surface area contributed by atoms with Crippen LogP contribution in [-0.2, 0) is 4.79 Å². The van der Waals surface area contributed by atoms with Crippen LogP contribution in [0.5, 0.6) is 5.75 Å². The maximum absolute atomic E-state index is 13.2. The molecule has 1 atom stereocenters. The number of carbonyl (C=O) groups is 2. The third kappa shape index (κ3) is 6.61. The average molecular weight is 581 g/mol. The number of anilines is 4. The highest BCUT2D eigenvalue weighted by atomic mass is 16.5. The van der Waals surface area contributed by atoms with Crippen molar-refractivity contribution in [1.29, 1.82) is 0 Å². The molecule has 42 heavy (non-hydrogen) atoms. The maximum Gasteiger partial charge on any atom is 0.251 e. The molecule has 0 bridgehead atoms. The van der Waals surface area contributed by atoms with Gasteiger partial charge in [-0.25, -0.2) is 4.98 Å². The molecule has 3 heterocycles. The number of likely N-dealkylation sites (N-methyl/N-ethyl adjacent to an activating group) is 2. The fraction of sp³-hybridized carbons (Fsp3) is 0.600. The molecule has 2 aliphatic heterocycles. The number of aromatic nitrogens is 2. The molecule has 228 valence electrons. The minimum Gasteiger partial charge on any atom is -0.489 e. The van der Waals surface area contributed by atoms with Gasteiger partial charge in [0.2, 0.25) is 11.9 Å². The van der Waals surface area contributed by atoms with Gasteiger partial charge in [0.15, 0.2) is 5.82 Å². The summed E-state index contributed by atoms with van der Waals surface area (Å²) >= 11 is 0. The fourth-order valence-electron chi connectivity index (χ4n) is 6.11. The molecular weight excluding hydrogens is 536 g/mol. The minimum atomic E-state index is -0.258. The molecule has 5 rings (SSSR count). The summed E-state index contributed by atoms with van der Waals surface area (Å²) in [6.07, 6.45) is 6.76. The van der Waals surface area contributed by atoms with Gasteiger partial charge in [-0.15, -0.1) is 0 Å². The molecule has 3 N–H and O–H groups in total. The first kappa shape index (κ1) is 30.0. The topological polar surface area (TPSA) is 126 Å². The van der Waals surface area contributed by atoms with Crippen molar-refractivity contribution in [2.45, 2.75) is 51.1 Å². The summed E-state index contributed by atoms with van der Waals surface area (Å²) in [5, 5.41) is 15.7. The Morgan fingerprint density at radius 1 is 1.14 bits per heavy atom. The second-order valence-corrected chi connectivity index (χ2v) is 11.4. The minimum absolute atomic E-state index is 0.0679. The van der Waals surface area contributed by atoms with Gasteiger partial charge in [0, 0.05) is 57.9 Å². The number of fused-ring (bicyclic) bond motifs is 1. The Bertz CT molecular complexity index is 1250. The van der Waals surface area contributed by atoms with E-state index in [1.54, 1.807) is 36.3 Å². The van der Waals surface area contributed by atoms with Crippen LogP contribution in [0, 0.1) is 0 Å². The van der Waals surface area contributed by atoms with Gasteiger partial charge in [-0.3, -0.25) is 14.5 Å². The van der Waals surface area contributed by atoms with E-state index in [9.17, 15) is 14.7 Å². The Kier molecular flexibility index (Phi) is 9.76. The van der Waals surface area contributed by atoms with Crippen LogP contribution in [0.2, 0.25) is 0 Å². The lowest BCUT2D eigenvalue weighted by atomic mass is 10.0. The SMILES string of the molecule is CC[C@@H]1C(=O)N(C)c2cnc(Nc3ccc(C(=O)NCCN4CCN(C)CC4)cc3OCCO)nc2N1C1CCCC1. The number of aliphatic hydroxyl groups excluding tert-OH is 1. The van der Waals surface area contributed by atoms with Gasteiger partial charge in [-0.1, -0.05) is 19.8 Å². The number of nitrogens with zero attached hydrogens (tertiary/aromatic N) is 6. The summed E-state index contributed by atoms with van der Waals surface area (Å²) in [4.78, 5) is 44.1. The molecule has 0 spiro atoms. The number of carbonyl (C=O) groups excluding carboxylic acids is 2. The van der Waals surface area contributed by atoms with Crippen LogP contribution in [-0.4, -0.2) is 115 Å². The quantitative estimate of drug-likeness (QED) is 0.364. The van der Waals surface area contributed by atoms with Gasteiger partial charge in [-0.05, 0) is 44.5 Å². The summed E-state index contributed by atoms with van der Waals surface area (Å²) < 4.78 is 5.82. The van der Waals surface area contributed by atoms with Gasteiger partial charge in [0.1, 0.15) is 24.1 Å². The molecule has 12 nitrogen and oxygen atoms in total. The fourth-order valence-corrected chi connectivity index (χ4v) is 6.11. The number of hydrogen-bond acceptors (Lipinski definition) is 10. The molecule has 2 amide bonds. The van der Waals surface area contributed by atoms with Crippen molar-refractivity contribution >= 4 is 35.0 Å². The molecule has 12 heteroatoms. The van der Waals surface area contributed by atoms with Crippen LogP contribution in [0.25, 0.3) is 0 Å². The lowest BCUT2D eigenvalue weighted by Gasteiger charge is -2.43. The molecule has 1 saturated heterocycles. The number of hydrogen-bond donors (Lipinski definition) is 3. The van der Waals surface area contributed by atoms with E-state index in [1.165, 1.54) is 0 Å². The molecule has 1 aromatic heterocycles. The Morgan fingerprint density at radius 3 is 2.62 bits per heavy atom. The molecular formula is C30H44N8O4. The van der Waals surface area contributed by atoms with E-state index in [-0.39, 0.29) is 37.1 Å². The first-order valence-corrected chi connectivity index (χ1v) is 15.2. The van der Waals surface area contributed by atoms with Crippen molar-refractivity contribution in [3.63, 3.8) is 0 Å². The summed E-state index contributed by atoms with van der Waals surface area (Å²) in [5.41, 5.74) is 1.75. The first-order chi connectivity index (χ1) is 20.4. The van der Waals surface area contributed by atoms with Crippen LogP contribution >= 0.6 is 0 Å². The van der Waals surface area contributed by atoms with Crippen LogP contribution in [0.4, 0.5) is 23.1 Å². The highest BCUT2D eigenvalue weighted by Crippen LogP contribution is 2.40. The zero-order valence-corrected chi connectivity index (χ0v) is 25.0. The largest absolute Gasteiger partial charge is 0.489 e. The van der Waals surface area contributed by atoms with Crippen LogP contribution in [0.3, 0.4) is 0 Å². The molecule has 1 saturated carbocycles. The van der Waals surface area contributed by atoms with E-state index in [2.05, 4.69) is 37.4 Å². The molecule has 2 aromatic rings. The van der Waals surface area contributed by atoms with Crippen LogP contribution < -0.4 is 25.2 Å². The smallest absolute Gasteiger partial charge is 0.251 e. The van der Waals surface area contributed by atoms with Gasteiger partial charge >= 0.3 is 0 Å². The summed E-state index contributed by atoms with van der Waals surface area (Å²) in [5.74, 6) is 1.43. The number of rotatable bonds is 11. The highest BCUT2D eigenvalue weighted by molar-refractivity contribution is 6.04. The Labute approximate surface area is 248 Å². The van der Waals surface area contributed by atoms with Crippen molar-refractivity contribution in [3.05, 3.63) is 30.0 Å². The lowest BCUT2D eigenvalue weighted by Crippen LogP contribution is -2.55. The molecule has 0 radical (unpaired) electrons. The monoisotopic (exact) mass is 580 g/mol. The predicted molar refractivity (Wildman–Crippen MR) is 163 cm³/mol. The summed E-state index contributed by atoms with van der Waals surface area (Å²) in [7, 11) is 3.90. The Balaban J connectivity index is 1.33. The number of ether oxygens (including phenoxy) is 1. The normalized spacial score (nSPS) is 20.1. The zero-order chi connectivity index (χ0) is 29.6. The van der Waals surface area contributed by atoms with Crippen molar-refractivity contribution < 1.29 is 19.4 Å². The van der Waals surface area contributed by atoms with E-state index in [4.69, 9.17) is 9.72 Å². The van der Waals surface area contributed by atoms with E-state index >= 15 is 0 Å². The zero-order valence-electron chi connectivity index (χ0n) is 25.0. The van der Waals surface area contributed by atoms with Crippen LogP contribution in [0.1, 0.15) is 49.4 Å². The second kappa shape index (κ2) is 13.7. The maximum atomic E-state index is 13.2. The number of benzene rings is 1. The van der Waals surface area contributed by atoms with Gasteiger partial charge < -0.3 is 35.2 Å². The van der Waals surface area contributed by atoms with Crippen molar-refractivity contribution in [2.75, 3.05) is 81.7 Å². The number of nitrogens with one attached hydrogen (secondary N) is 2. The Hall–Kier alpha value is -3.48. The Morgan fingerprint density at radius 2 is 1.90 bits per heavy atom. The average Bonchev–Trinajstić information content (AvgIpc) is 3.54. The molecule has 2 fully saturated rings.